The van der Waals surface area contributed by atoms with Crippen LogP contribution >= 0.6 is 0 Å². The molecule has 174 valence electrons. The Bertz CT molecular complexity index is 1310. The topological polar surface area (TPSA) is 100 Å². The highest BCUT2D eigenvalue weighted by atomic mass is 19.4. The number of anilines is 2. The van der Waals surface area contributed by atoms with Crippen LogP contribution in [0, 0.1) is 11.3 Å². The molecule has 1 aliphatic heterocycles. The molecule has 0 saturated carbocycles. The molecular weight excluding hydrogens is 451 g/mol. The second kappa shape index (κ2) is 8.55. The number of alkyl halides is 3. The van der Waals surface area contributed by atoms with Crippen molar-refractivity contribution in [2.45, 2.75) is 25.7 Å². The Morgan fingerprint density at radius 2 is 1.94 bits per heavy atom. The normalized spacial score (nSPS) is 15.5. The molecular formula is C23H18F3N5O3. The first kappa shape index (κ1) is 22.8. The van der Waals surface area contributed by atoms with Crippen molar-refractivity contribution >= 4 is 23.2 Å². The monoisotopic (exact) mass is 469 g/mol. The van der Waals surface area contributed by atoms with Gasteiger partial charge in [-0.05, 0) is 49.4 Å². The molecule has 11 heteroatoms. The molecule has 2 amide bonds. The molecule has 1 N–H and O–H groups in total. The van der Waals surface area contributed by atoms with E-state index in [0.717, 1.165) is 12.1 Å². The Hall–Kier alpha value is -4.33. The van der Waals surface area contributed by atoms with E-state index in [1.807, 2.05) is 6.07 Å². The number of hydrogen-bond acceptors (Lipinski definition) is 5. The molecule has 2 aromatic carbocycles. The second-order valence-corrected chi connectivity index (χ2v) is 7.64. The van der Waals surface area contributed by atoms with Crippen LogP contribution in [0.15, 0.2) is 48.7 Å². The molecule has 0 spiro atoms. The molecule has 2 heterocycles. The molecule has 0 unspecified atom stereocenters. The van der Waals surface area contributed by atoms with E-state index >= 15 is 0 Å². The third kappa shape index (κ3) is 4.05. The van der Waals surface area contributed by atoms with E-state index in [2.05, 4.69) is 10.4 Å². The summed E-state index contributed by atoms with van der Waals surface area (Å²) < 4.78 is 45.3. The molecule has 0 bridgehead atoms. The van der Waals surface area contributed by atoms with Gasteiger partial charge in [0.2, 0.25) is 0 Å². The van der Waals surface area contributed by atoms with E-state index in [1.54, 1.807) is 6.92 Å². The van der Waals surface area contributed by atoms with Crippen LogP contribution in [0.1, 0.15) is 38.9 Å². The van der Waals surface area contributed by atoms with E-state index in [0.29, 0.717) is 11.4 Å². The van der Waals surface area contributed by atoms with Crippen molar-refractivity contribution in [3.05, 3.63) is 71.0 Å². The van der Waals surface area contributed by atoms with E-state index < -0.39 is 23.6 Å². The number of methoxy groups -OCH3 is 1. The fourth-order valence-corrected chi connectivity index (χ4v) is 3.80. The van der Waals surface area contributed by atoms with E-state index in [4.69, 9.17) is 4.74 Å². The fraction of sp³-hybridized carbons (Fsp3) is 0.217. The summed E-state index contributed by atoms with van der Waals surface area (Å²) in [5.41, 5.74) is 0.0687. The number of nitrogens with one attached hydrogen (secondary N) is 1. The molecule has 4 rings (SSSR count). The van der Waals surface area contributed by atoms with Gasteiger partial charge in [0.05, 0.1) is 42.7 Å². The van der Waals surface area contributed by atoms with Gasteiger partial charge in [0, 0.05) is 11.3 Å². The predicted molar refractivity (Wildman–Crippen MR) is 116 cm³/mol. The van der Waals surface area contributed by atoms with Crippen molar-refractivity contribution in [2.24, 2.45) is 0 Å². The first-order valence-corrected chi connectivity index (χ1v) is 10.1. The zero-order chi connectivity index (χ0) is 24.6. The summed E-state index contributed by atoms with van der Waals surface area (Å²) in [5.74, 6) is -0.764. The number of nitrogens with zero attached hydrogens (tertiary/aromatic N) is 4. The van der Waals surface area contributed by atoms with Gasteiger partial charge in [-0.15, -0.1) is 0 Å². The highest BCUT2D eigenvalue weighted by Crippen LogP contribution is 2.33. The van der Waals surface area contributed by atoms with Gasteiger partial charge in [0.15, 0.2) is 0 Å². The van der Waals surface area contributed by atoms with Crippen molar-refractivity contribution < 1.29 is 27.5 Å². The van der Waals surface area contributed by atoms with Gasteiger partial charge >= 0.3 is 6.18 Å². The minimum Gasteiger partial charge on any atom is -0.495 e. The number of amides is 2. The molecule has 0 saturated heterocycles. The number of carbonyl (C=O) groups excluding carboxylic acids is 2. The molecule has 3 aromatic rings. The van der Waals surface area contributed by atoms with Crippen LogP contribution in [0.2, 0.25) is 0 Å². The van der Waals surface area contributed by atoms with Crippen LogP contribution in [0.3, 0.4) is 0 Å². The van der Waals surface area contributed by atoms with Gasteiger partial charge in [0.1, 0.15) is 17.5 Å². The number of fused-ring (bicyclic) bond motifs is 1. The first-order valence-electron chi connectivity index (χ1n) is 10.1. The Balaban J connectivity index is 1.62. The Morgan fingerprint density at radius 1 is 1.24 bits per heavy atom. The zero-order valence-corrected chi connectivity index (χ0v) is 18.1. The number of benzene rings is 2. The van der Waals surface area contributed by atoms with Gasteiger partial charge in [-0.3, -0.25) is 14.3 Å². The van der Waals surface area contributed by atoms with Crippen molar-refractivity contribution in [1.29, 1.82) is 5.26 Å². The average molecular weight is 469 g/mol. The van der Waals surface area contributed by atoms with Crippen LogP contribution in [-0.4, -0.2) is 34.7 Å². The van der Waals surface area contributed by atoms with Gasteiger partial charge in [-0.2, -0.15) is 23.5 Å². The number of rotatable bonds is 4. The van der Waals surface area contributed by atoms with Crippen LogP contribution in [0.4, 0.5) is 24.5 Å². The summed E-state index contributed by atoms with van der Waals surface area (Å²) in [5, 5.41) is 16.0. The quantitative estimate of drug-likeness (QED) is 0.621. The SMILES string of the molecule is COc1ccc(C(=O)Nc2cnn3c2C(=O)N(c2ccc(C(F)(F)F)cc2)[C@@H](C)C3)cc1C#N. The summed E-state index contributed by atoms with van der Waals surface area (Å²) >= 11 is 0. The number of carbonyl (C=O) groups is 2. The van der Waals surface area contributed by atoms with Crippen LogP contribution in [0.5, 0.6) is 5.75 Å². The van der Waals surface area contributed by atoms with Crippen LogP contribution in [0.25, 0.3) is 0 Å². The number of halogens is 3. The molecule has 0 fully saturated rings. The zero-order valence-electron chi connectivity index (χ0n) is 18.1. The minimum atomic E-state index is -4.49. The van der Waals surface area contributed by atoms with Crippen molar-refractivity contribution in [1.82, 2.24) is 9.78 Å². The average Bonchev–Trinajstić information content (AvgIpc) is 3.20. The van der Waals surface area contributed by atoms with E-state index in [-0.39, 0.29) is 35.1 Å². The van der Waals surface area contributed by atoms with E-state index in [9.17, 15) is 28.0 Å². The van der Waals surface area contributed by atoms with Crippen molar-refractivity contribution in [3.63, 3.8) is 0 Å². The molecule has 0 aliphatic carbocycles. The lowest BCUT2D eigenvalue weighted by Gasteiger charge is -2.34. The lowest BCUT2D eigenvalue weighted by Crippen LogP contribution is -2.47. The largest absolute Gasteiger partial charge is 0.495 e. The lowest BCUT2D eigenvalue weighted by molar-refractivity contribution is -0.137. The molecule has 1 aliphatic rings. The Morgan fingerprint density at radius 3 is 2.56 bits per heavy atom. The van der Waals surface area contributed by atoms with Gasteiger partial charge in [-0.1, -0.05) is 0 Å². The summed E-state index contributed by atoms with van der Waals surface area (Å²) in [7, 11) is 1.41. The Kier molecular flexibility index (Phi) is 5.75. The smallest absolute Gasteiger partial charge is 0.416 e. The van der Waals surface area contributed by atoms with Crippen LogP contribution < -0.4 is 15.0 Å². The fourth-order valence-electron chi connectivity index (χ4n) is 3.80. The predicted octanol–water partition coefficient (Wildman–Crippen LogP) is 4.08. The van der Waals surface area contributed by atoms with Gasteiger partial charge < -0.3 is 15.0 Å². The van der Waals surface area contributed by atoms with Gasteiger partial charge in [-0.25, -0.2) is 0 Å². The standard InChI is InChI=1S/C23H18F3N5O3/c1-13-12-30-20(22(33)31(13)17-6-4-16(5-7-17)23(24,25)26)18(11-28-30)29-21(32)14-3-8-19(34-2)15(9-14)10-27/h3-9,11,13H,12H2,1-2H3,(H,29,32)/t13-/m0/s1. The van der Waals surface area contributed by atoms with E-state index in [1.165, 1.54) is 53.2 Å². The second-order valence-electron chi connectivity index (χ2n) is 7.64. The van der Waals surface area contributed by atoms with Crippen molar-refractivity contribution in [3.8, 4) is 11.8 Å². The maximum atomic E-state index is 13.3. The molecule has 8 nitrogen and oxygen atoms in total. The third-order valence-electron chi connectivity index (χ3n) is 5.44. The summed E-state index contributed by atoms with van der Waals surface area (Å²) in [6.45, 7) is 2.03. The summed E-state index contributed by atoms with van der Waals surface area (Å²) in [4.78, 5) is 27.5. The summed E-state index contributed by atoms with van der Waals surface area (Å²) in [6.07, 6.45) is -3.15. The molecule has 1 atom stereocenters. The number of hydrogen-bond donors (Lipinski definition) is 1. The maximum Gasteiger partial charge on any atom is 0.416 e. The highest BCUT2D eigenvalue weighted by Gasteiger charge is 2.36. The Labute approximate surface area is 192 Å². The maximum absolute atomic E-state index is 13.3. The molecule has 1 aromatic heterocycles. The lowest BCUT2D eigenvalue weighted by atomic mass is 10.1. The minimum absolute atomic E-state index is 0.0976. The third-order valence-corrected chi connectivity index (χ3v) is 5.44. The number of aromatic nitrogens is 2. The van der Waals surface area contributed by atoms with Gasteiger partial charge in [0.25, 0.3) is 11.8 Å². The van der Waals surface area contributed by atoms with Crippen LogP contribution in [-0.2, 0) is 12.7 Å². The first-order chi connectivity index (χ1) is 16.1. The molecule has 0 radical (unpaired) electrons. The van der Waals surface area contributed by atoms with Crippen molar-refractivity contribution in [2.75, 3.05) is 17.3 Å². The number of nitriles is 1. The number of ether oxygens (including phenoxy) is 1. The highest BCUT2D eigenvalue weighted by molar-refractivity contribution is 6.13. The molecule has 34 heavy (non-hydrogen) atoms. The summed E-state index contributed by atoms with van der Waals surface area (Å²) in [6, 6.07) is 10.2.